The van der Waals surface area contributed by atoms with Gasteiger partial charge in [-0.05, 0) is 35.4 Å². The summed E-state index contributed by atoms with van der Waals surface area (Å²) in [7, 11) is 1.49. The lowest BCUT2D eigenvalue weighted by atomic mass is 9.96. The first kappa shape index (κ1) is 16.9. The Morgan fingerprint density at radius 3 is 2.65 bits per heavy atom. The van der Waals surface area contributed by atoms with Crippen LogP contribution in [0.2, 0.25) is 0 Å². The average Bonchev–Trinajstić information content (AvgIpc) is 2.69. The topological polar surface area (TPSA) is 37.4 Å². The number of fused-ring (bicyclic) bond motifs is 1. The van der Waals surface area contributed by atoms with E-state index in [4.69, 9.17) is 4.74 Å². The summed E-state index contributed by atoms with van der Waals surface area (Å²) in [5.74, 6) is -0.0664. The van der Waals surface area contributed by atoms with E-state index in [9.17, 15) is 4.39 Å². The number of hydrogen-bond donors (Lipinski definition) is 1. The van der Waals surface area contributed by atoms with Crippen molar-refractivity contribution in [2.75, 3.05) is 33.3 Å². The molecule has 0 radical (unpaired) electrons. The average molecular weight is 351 g/mol. The number of hydrogen-bond acceptors (Lipinski definition) is 4. The highest BCUT2D eigenvalue weighted by Crippen LogP contribution is 2.32. The third-order valence-electron chi connectivity index (χ3n) is 4.94. The van der Waals surface area contributed by atoms with Crippen LogP contribution < -0.4 is 10.1 Å². The Bertz CT molecular complexity index is 909. The highest BCUT2D eigenvalue weighted by molar-refractivity contribution is 5.79. The number of pyridine rings is 1. The van der Waals surface area contributed by atoms with E-state index in [0.717, 1.165) is 48.2 Å². The third-order valence-corrected chi connectivity index (χ3v) is 4.94. The highest BCUT2D eigenvalue weighted by atomic mass is 19.1. The minimum atomic E-state index is -0.334. The lowest BCUT2D eigenvalue weighted by Gasteiger charge is -2.35. The third kappa shape index (κ3) is 3.28. The Labute approximate surface area is 152 Å². The number of aromatic nitrogens is 1. The summed E-state index contributed by atoms with van der Waals surface area (Å²) in [5, 5.41) is 4.48. The number of ether oxygens (including phenoxy) is 1. The number of piperazine rings is 1. The Balaban J connectivity index is 1.80. The monoisotopic (exact) mass is 351 g/mol. The van der Waals surface area contributed by atoms with Gasteiger partial charge in [0.15, 0.2) is 11.6 Å². The van der Waals surface area contributed by atoms with Crippen molar-refractivity contribution in [3.05, 3.63) is 71.7 Å². The summed E-state index contributed by atoms with van der Waals surface area (Å²) in [6.07, 6.45) is 1.91. The molecular formula is C21H22FN3O. The molecule has 0 aliphatic carbocycles. The van der Waals surface area contributed by atoms with Gasteiger partial charge in [-0.25, -0.2) is 4.39 Å². The smallest absolute Gasteiger partial charge is 0.165 e. The van der Waals surface area contributed by atoms with Gasteiger partial charge >= 0.3 is 0 Å². The van der Waals surface area contributed by atoms with E-state index in [1.54, 1.807) is 12.1 Å². The summed E-state index contributed by atoms with van der Waals surface area (Å²) in [6, 6.07) is 15.4. The zero-order valence-electron chi connectivity index (χ0n) is 14.8. The molecule has 0 spiro atoms. The Hall–Kier alpha value is -2.50. The van der Waals surface area contributed by atoms with E-state index in [1.807, 2.05) is 30.5 Å². The van der Waals surface area contributed by atoms with Crippen LogP contribution in [0.3, 0.4) is 0 Å². The Morgan fingerprint density at radius 1 is 1.08 bits per heavy atom. The molecule has 4 nitrogen and oxygen atoms in total. The van der Waals surface area contributed by atoms with Crippen molar-refractivity contribution in [2.24, 2.45) is 0 Å². The maximum absolute atomic E-state index is 14.4. The van der Waals surface area contributed by atoms with Gasteiger partial charge in [-0.3, -0.25) is 9.88 Å². The van der Waals surface area contributed by atoms with Crippen molar-refractivity contribution in [3.8, 4) is 5.75 Å². The van der Waals surface area contributed by atoms with E-state index in [2.05, 4.69) is 27.3 Å². The second-order valence-corrected chi connectivity index (χ2v) is 6.54. The standard InChI is InChI=1S/C21H22FN3O/c1-26-20-7-6-16(13-18(20)22)21(25-10-8-23-9-11-25)17-12-15-4-2-3-5-19(15)24-14-17/h2-7,12-14,21,23H,8-11H2,1H3. The molecule has 4 rings (SSSR count). The van der Waals surface area contributed by atoms with Gasteiger partial charge in [-0.1, -0.05) is 24.3 Å². The fourth-order valence-electron chi connectivity index (χ4n) is 3.64. The second-order valence-electron chi connectivity index (χ2n) is 6.54. The molecule has 0 saturated carbocycles. The SMILES string of the molecule is COc1ccc(C(c2cnc3ccccc3c2)N2CCNCC2)cc1F. The lowest BCUT2D eigenvalue weighted by molar-refractivity contribution is 0.198. The number of halogens is 1. The molecule has 2 heterocycles. The fourth-order valence-corrected chi connectivity index (χ4v) is 3.64. The first-order valence-electron chi connectivity index (χ1n) is 8.89. The van der Waals surface area contributed by atoms with Gasteiger partial charge in [-0.15, -0.1) is 0 Å². The normalized spacial score (nSPS) is 16.5. The van der Waals surface area contributed by atoms with Gasteiger partial charge in [0.2, 0.25) is 0 Å². The van der Waals surface area contributed by atoms with Crippen LogP contribution >= 0.6 is 0 Å². The summed E-state index contributed by atoms with van der Waals surface area (Å²) >= 11 is 0. The van der Waals surface area contributed by atoms with E-state index in [1.165, 1.54) is 7.11 Å². The number of nitrogens with zero attached hydrogens (tertiary/aromatic N) is 2. The molecular weight excluding hydrogens is 329 g/mol. The molecule has 3 aromatic rings. The summed E-state index contributed by atoms with van der Waals surface area (Å²) in [6.45, 7) is 3.67. The van der Waals surface area contributed by atoms with Crippen LogP contribution in [-0.4, -0.2) is 43.2 Å². The Morgan fingerprint density at radius 2 is 1.88 bits per heavy atom. The van der Waals surface area contributed by atoms with Crippen molar-refractivity contribution >= 4 is 10.9 Å². The quantitative estimate of drug-likeness (QED) is 0.782. The second kappa shape index (κ2) is 7.40. The molecule has 1 unspecified atom stereocenters. The first-order valence-corrected chi connectivity index (χ1v) is 8.89. The fraction of sp³-hybridized carbons (Fsp3) is 0.286. The van der Waals surface area contributed by atoms with Crippen LogP contribution in [0, 0.1) is 5.82 Å². The van der Waals surface area contributed by atoms with Crippen LogP contribution in [-0.2, 0) is 0 Å². The maximum Gasteiger partial charge on any atom is 0.165 e. The molecule has 5 heteroatoms. The molecule has 1 saturated heterocycles. The van der Waals surface area contributed by atoms with E-state index >= 15 is 0 Å². The molecule has 1 aromatic heterocycles. The highest BCUT2D eigenvalue weighted by Gasteiger charge is 2.25. The minimum absolute atomic E-state index is 0.0328. The van der Waals surface area contributed by atoms with Gasteiger partial charge in [0, 0.05) is 37.8 Å². The summed E-state index contributed by atoms with van der Waals surface area (Å²) in [4.78, 5) is 7.00. The van der Waals surface area contributed by atoms with Crippen LogP contribution in [0.25, 0.3) is 10.9 Å². The maximum atomic E-state index is 14.4. The molecule has 0 bridgehead atoms. The van der Waals surface area contributed by atoms with Crippen LogP contribution in [0.15, 0.2) is 54.7 Å². The van der Waals surface area contributed by atoms with Gasteiger partial charge in [0.25, 0.3) is 0 Å². The lowest BCUT2D eigenvalue weighted by Crippen LogP contribution is -2.45. The number of rotatable bonds is 4. The molecule has 134 valence electrons. The molecule has 2 aromatic carbocycles. The molecule has 1 aliphatic heterocycles. The van der Waals surface area contributed by atoms with E-state index in [-0.39, 0.29) is 17.6 Å². The van der Waals surface area contributed by atoms with Gasteiger partial charge < -0.3 is 10.1 Å². The number of methoxy groups -OCH3 is 1. The van der Waals surface area contributed by atoms with Gasteiger partial charge in [0.05, 0.1) is 18.7 Å². The Kier molecular flexibility index (Phi) is 4.82. The van der Waals surface area contributed by atoms with Crippen LogP contribution in [0.4, 0.5) is 4.39 Å². The molecule has 0 amide bonds. The van der Waals surface area contributed by atoms with E-state index in [0.29, 0.717) is 0 Å². The van der Waals surface area contributed by atoms with Crippen molar-refractivity contribution in [3.63, 3.8) is 0 Å². The molecule has 1 fully saturated rings. The predicted molar refractivity (Wildman–Crippen MR) is 101 cm³/mol. The zero-order chi connectivity index (χ0) is 17.9. The summed E-state index contributed by atoms with van der Waals surface area (Å²) in [5.41, 5.74) is 2.97. The summed E-state index contributed by atoms with van der Waals surface area (Å²) < 4.78 is 19.5. The molecule has 1 atom stereocenters. The van der Waals surface area contributed by atoms with Crippen molar-refractivity contribution in [1.82, 2.24) is 15.2 Å². The number of para-hydroxylation sites is 1. The minimum Gasteiger partial charge on any atom is -0.494 e. The predicted octanol–water partition coefficient (Wildman–Crippen LogP) is 3.38. The zero-order valence-corrected chi connectivity index (χ0v) is 14.8. The molecule has 26 heavy (non-hydrogen) atoms. The van der Waals surface area contributed by atoms with Crippen molar-refractivity contribution < 1.29 is 9.13 Å². The van der Waals surface area contributed by atoms with Gasteiger partial charge in [0.1, 0.15) is 0 Å². The largest absolute Gasteiger partial charge is 0.494 e. The van der Waals surface area contributed by atoms with Crippen molar-refractivity contribution in [1.29, 1.82) is 0 Å². The number of benzene rings is 2. The van der Waals surface area contributed by atoms with Crippen molar-refractivity contribution in [2.45, 2.75) is 6.04 Å². The molecule has 1 N–H and O–H groups in total. The van der Waals surface area contributed by atoms with Gasteiger partial charge in [-0.2, -0.15) is 0 Å². The first-order chi connectivity index (χ1) is 12.8. The van der Waals surface area contributed by atoms with E-state index < -0.39 is 0 Å². The molecule has 1 aliphatic rings. The van der Waals surface area contributed by atoms with Crippen LogP contribution in [0.5, 0.6) is 5.75 Å². The number of nitrogens with one attached hydrogen (secondary N) is 1. The van der Waals surface area contributed by atoms with Crippen LogP contribution in [0.1, 0.15) is 17.2 Å².